The molecule has 0 saturated heterocycles. The van der Waals surface area contributed by atoms with Gasteiger partial charge in [0, 0.05) is 11.0 Å². The van der Waals surface area contributed by atoms with Crippen molar-refractivity contribution >= 4 is 12.0 Å². The number of hydrogen-bond donors (Lipinski definition) is 2. The third-order valence-corrected chi connectivity index (χ3v) is 3.98. The van der Waals surface area contributed by atoms with Gasteiger partial charge >= 0.3 is 5.69 Å². The van der Waals surface area contributed by atoms with Crippen LogP contribution in [-0.4, -0.2) is 21.4 Å². The topological polar surface area (TPSA) is 92.3 Å². The molecule has 3 aromatic rings. The number of hydrazone groups is 1. The number of aromatic amines is 1. The zero-order valence-corrected chi connectivity index (χ0v) is 16.1. The number of rotatable bonds is 6. The van der Waals surface area contributed by atoms with E-state index in [0.29, 0.717) is 18.1 Å². The van der Waals surface area contributed by atoms with Gasteiger partial charge in [-0.3, -0.25) is 5.43 Å². The lowest BCUT2D eigenvalue weighted by molar-refractivity contribution is 0.306. The third kappa shape index (κ3) is 5.03. The predicted octanol–water partition coefficient (Wildman–Crippen LogP) is 3.49. The van der Waals surface area contributed by atoms with E-state index < -0.39 is 5.69 Å². The van der Waals surface area contributed by atoms with Crippen LogP contribution in [0.4, 0.5) is 5.82 Å². The first-order valence-electron chi connectivity index (χ1n) is 8.95. The molecule has 0 amide bonds. The summed E-state index contributed by atoms with van der Waals surface area (Å²) in [6.45, 7) is 6.38. The number of H-pyrrole nitrogens is 1. The molecule has 0 atom stereocenters. The van der Waals surface area contributed by atoms with Crippen molar-refractivity contribution in [3.63, 3.8) is 0 Å². The number of aromatic nitrogens is 3. The molecule has 1 aromatic heterocycles. The summed E-state index contributed by atoms with van der Waals surface area (Å²) < 4.78 is 5.83. The molecule has 144 valence electrons. The highest BCUT2D eigenvalue weighted by atomic mass is 16.5. The maximum Gasteiger partial charge on any atom is 0.363 e. The maximum atomic E-state index is 11.5. The molecule has 3 rings (SSSR count). The van der Waals surface area contributed by atoms with Crippen LogP contribution >= 0.6 is 0 Å². The van der Waals surface area contributed by atoms with Gasteiger partial charge in [-0.2, -0.15) is 15.2 Å². The molecule has 0 radical (unpaired) electrons. The summed E-state index contributed by atoms with van der Waals surface area (Å²) >= 11 is 0. The minimum absolute atomic E-state index is 0.295. The molecule has 0 aliphatic rings. The van der Waals surface area contributed by atoms with Gasteiger partial charge in [0.1, 0.15) is 18.1 Å². The van der Waals surface area contributed by atoms with E-state index in [2.05, 4.69) is 25.7 Å². The molecule has 7 heteroatoms. The SMILES string of the molecule is CC(C)(C)c1n[nH]c(=O)nc1N/N=C/c1ccccc1COc1ccccc1. The molecule has 7 nitrogen and oxygen atoms in total. The first-order chi connectivity index (χ1) is 13.4. The molecular formula is C21H23N5O2. The highest BCUT2D eigenvalue weighted by molar-refractivity contribution is 5.82. The second kappa shape index (κ2) is 8.47. The van der Waals surface area contributed by atoms with Crippen LogP contribution in [0.3, 0.4) is 0 Å². The second-order valence-corrected chi connectivity index (χ2v) is 7.26. The lowest BCUT2D eigenvalue weighted by atomic mass is 9.92. The van der Waals surface area contributed by atoms with Gasteiger partial charge in [-0.25, -0.2) is 9.89 Å². The van der Waals surface area contributed by atoms with Crippen molar-refractivity contribution < 1.29 is 4.74 Å². The quantitative estimate of drug-likeness (QED) is 0.507. The van der Waals surface area contributed by atoms with E-state index in [1.54, 1.807) is 6.21 Å². The highest BCUT2D eigenvalue weighted by Crippen LogP contribution is 2.24. The molecule has 0 unspecified atom stereocenters. The molecule has 1 heterocycles. The van der Waals surface area contributed by atoms with E-state index in [-0.39, 0.29) is 5.41 Å². The standard InChI is InChI=1S/C21H23N5O2/c1-21(2,3)18-19(23-20(27)26-24-18)25-22-13-15-9-7-8-10-16(15)14-28-17-11-5-4-6-12-17/h4-13H,14H2,1-3H3,(H2,23,25,26,27)/b22-13+. The summed E-state index contributed by atoms with van der Waals surface area (Å²) in [7, 11) is 0. The summed E-state index contributed by atoms with van der Waals surface area (Å²) in [5.74, 6) is 1.14. The molecule has 28 heavy (non-hydrogen) atoms. The highest BCUT2D eigenvalue weighted by Gasteiger charge is 2.21. The number of benzene rings is 2. The van der Waals surface area contributed by atoms with Gasteiger partial charge in [0.2, 0.25) is 0 Å². The van der Waals surface area contributed by atoms with Crippen molar-refractivity contribution in [1.29, 1.82) is 0 Å². The summed E-state index contributed by atoms with van der Waals surface area (Å²) in [4.78, 5) is 15.5. The number of ether oxygens (including phenoxy) is 1. The van der Waals surface area contributed by atoms with Crippen molar-refractivity contribution in [2.45, 2.75) is 32.8 Å². The molecule has 2 N–H and O–H groups in total. The van der Waals surface area contributed by atoms with Crippen molar-refractivity contribution in [2.24, 2.45) is 5.10 Å². The molecule has 0 aliphatic heterocycles. The Hall–Kier alpha value is -3.48. The summed E-state index contributed by atoms with van der Waals surface area (Å²) in [5.41, 5.74) is 4.55. The summed E-state index contributed by atoms with van der Waals surface area (Å²) in [6, 6.07) is 17.5. The fourth-order valence-corrected chi connectivity index (χ4v) is 2.57. The van der Waals surface area contributed by atoms with Gasteiger partial charge in [0.05, 0.1) is 6.21 Å². The van der Waals surface area contributed by atoms with Crippen molar-refractivity contribution in [3.05, 3.63) is 81.9 Å². The molecular weight excluding hydrogens is 354 g/mol. The normalized spacial score (nSPS) is 11.5. The molecule has 0 aliphatic carbocycles. The number of nitrogens with one attached hydrogen (secondary N) is 2. The van der Waals surface area contributed by atoms with E-state index in [0.717, 1.165) is 16.9 Å². The van der Waals surface area contributed by atoms with Crippen molar-refractivity contribution in [2.75, 3.05) is 5.43 Å². The Morgan fingerprint density at radius 3 is 2.57 bits per heavy atom. The van der Waals surface area contributed by atoms with E-state index >= 15 is 0 Å². The average Bonchev–Trinajstić information content (AvgIpc) is 2.67. The lowest BCUT2D eigenvalue weighted by Crippen LogP contribution is -2.24. The van der Waals surface area contributed by atoms with Gasteiger partial charge in [0.15, 0.2) is 5.82 Å². The Morgan fingerprint density at radius 1 is 1.11 bits per heavy atom. The monoisotopic (exact) mass is 377 g/mol. The van der Waals surface area contributed by atoms with Gasteiger partial charge in [0.25, 0.3) is 0 Å². The van der Waals surface area contributed by atoms with E-state index in [1.165, 1.54) is 0 Å². The van der Waals surface area contributed by atoms with Crippen LogP contribution in [-0.2, 0) is 12.0 Å². The molecule has 0 saturated carbocycles. The molecule has 0 fully saturated rings. The van der Waals surface area contributed by atoms with E-state index in [1.807, 2.05) is 75.4 Å². The smallest absolute Gasteiger partial charge is 0.363 e. The Bertz CT molecular complexity index is 1010. The van der Waals surface area contributed by atoms with Gasteiger partial charge < -0.3 is 4.74 Å². The van der Waals surface area contributed by atoms with Crippen LogP contribution in [0.2, 0.25) is 0 Å². The fourth-order valence-electron chi connectivity index (χ4n) is 2.57. The van der Waals surface area contributed by atoms with Crippen LogP contribution in [0, 0.1) is 0 Å². The number of para-hydroxylation sites is 1. The zero-order valence-electron chi connectivity index (χ0n) is 16.1. The predicted molar refractivity (Wildman–Crippen MR) is 110 cm³/mol. The first-order valence-corrected chi connectivity index (χ1v) is 8.95. The summed E-state index contributed by atoms with van der Waals surface area (Å²) in [5, 5.41) is 10.7. The largest absolute Gasteiger partial charge is 0.489 e. The van der Waals surface area contributed by atoms with Crippen LogP contribution in [0.5, 0.6) is 5.75 Å². The molecule has 0 bridgehead atoms. The minimum atomic E-state index is -0.526. The fraction of sp³-hybridized carbons (Fsp3) is 0.238. The lowest BCUT2D eigenvalue weighted by Gasteiger charge is -2.18. The average molecular weight is 377 g/mol. The third-order valence-electron chi connectivity index (χ3n) is 3.98. The second-order valence-electron chi connectivity index (χ2n) is 7.26. The van der Waals surface area contributed by atoms with Crippen LogP contribution in [0.15, 0.2) is 64.5 Å². The van der Waals surface area contributed by atoms with E-state index in [9.17, 15) is 4.79 Å². The van der Waals surface area contributed by atoms with E-state index in [4.69, 9.17) is 4.74 Å². The first kappa shape index (κ1) is 19.3. The van der Waals surface area contributed by atoms with Crippen molar-refractivity contribution in [1.82, 2.24) is 15.2 Å². The van der Waals surface area contributed by atoms with Gasteiger partial charge in [-0.05, 0) is 17.7 Å². The van der Waals surface area contributed by atoms with Crippen LogP contribution < -0.4 is 15.9 Å². The Kier molecular flexibility index (Phi) is 5.84. The number of anilines is 1. The Labute approximate surface area is 163 Å². The zero-order chi connectivity index (χ0) is 20.0. The number of nitrogens with zero attached hydrogens (tertiary/aromatic N) is 3. The van der Waals surface area contributed by atoms with Gasteiger partial charge in [-0.15, -0.1) is 0 Å². The van der Waals surface area contributed by atoms with Crippen LogP contribution in [0.25, 0.3) is 0 Å². The molecule has 0 spiro atoms. The van der Waals surface area contributed by atoms with Crippen LogP contribution in [0.1, 0.15) is 37.6 Å². The Balaban J connectivity index is 1.75. The minimum Gasteiger partial charge on any atom is -0.489 e. The number of hydrogen-bond acceptors (Lipinski definition) is 6. The Morgan fingerprint density at radius 2 is 1.82 bits per heavy atom. The van der Waals surface area contributed by atoms with Crippen molar-refractivity contribution in [3.8, 4) is 5.75 Å². The summed E-state index contributed by atoms with van der Waals surface area (Å²) in [6.07, 6.45) is 1.68. The molecule has 2 aromatic carbocycles. The maximum absolute atomic E-state index is 11.5. The van der Waals surface area contributed by atoms with Gasteiger partial charge in [-0.1, -0.05) is 63.2 Å².